The van der Waals surface area contributed by atoms with Gasteiger partial charge in [0.1, 0.15) is 39.0 Å². The molecule has 2 aliphatic heterocycles. The largest absolute Gasteiger partial charge is 0.747 e. The van der Waals surface area contributed by atoms with Gasteiger partial charge in [-0.15, -0.1) is 11.3 Å². The number of hydrogen-bond acceptors (Lipinski definition) is 9. The van der Waals surface area contributed by atoms with Crippen LogP contribution in [0.15, 0.2) is 40.9 Å². The number of halogens is 5. The van der Waals surface area contributed by atoms with Crippen molar-refractivity contribution in [1.29, 1.82) is 0 Å². The number of aromatic nitrogens is 3. The number of piperidine rings is 1. The molecule has 10 nitrogen and oxygen atoms in total. The summed E-state index contributed by atoms with van der Waals surface area (Å²) in [5, 5.41) is 8.75. The molecule has 0 saturated carbocycles. The lowest BCUT2D eigenvalue weighted by Crippen LogP contribution is -2.40. The molecule has 2 unspecified atom stereocenters. The van der Waals surface area contributed by atoms with Gasteiger partial charge in [-0.1, -0.05) is 28.9 Å². The fourth-order valence-corrected chi connectivity index (χ4v) is 7.23. The topological polar surface area (TPSA) is 130 Å². The summed E-state index contributed by atoms with van der Waals surface area (Å²) in [6.45, 7) is 0.0368. The molecule has 5 rings (SSSR count). The van der Waals surface area contributed by atoms with Crippen LogP contribution in [0.5, 0.6) is 0 Å². The Labute approximate surface area is 246 Å². The van der Waals surface area contributed by atoms with Crippen molar-refractivity contribution < 1.29 is 40.2 Å². The van der Waals surface area contributed by atoms with Crippen molar-refractivity contribution in [2.75, 3.05) is 13.1 Å². The molecule has 0 aliphatic carbocycles. The van der Waals surface area contributed by atoms with Crippen molar-refractivity contribution in [3.05, 3.63) is 68.4 Å². The zero-order valence-corrected chi connectivity index (χ0v) is 24.0. The molecule has 3 aromatic rings. The average Bonchev–Trinajstić information content (AvgIpc) is 3.68. The lowest BCUT2D eigenvalue weighted by Gasteiger charge is -2.31. The second-order valence-corrected chi connectivity index (χ2v) is 12.7. The maximum atomic E-state index is 13.3. The van der Waals surface area contributed by atoms with E-state index in [0.717, 1.165) is 5.01 Å². The quantitative estimate of drug-likeness (QED) is 0.234. The highest BCUT2D eigenvalue weighted by molar-refractivity contribution is 7.86. The molecule has 17 heteroatoms. The summed E-state index contributed by atoms with van der Waals surface area (Å²) in [7, 11) is -4.81. The highest BCUT2D eigenvalue weighted by atomic mass is 35.5. The number of hydrogen-bond donors (Lipinski definition) is 0. The van der Waals surface area contributed by atoms with Crippen LogP contribution >= 0.6 is 22.9 Å². The van der Waals surface area contributed by atoms with Gasteiger partial charge < -0.3 is 14.3 Å². The number of oxime groups is 1. The molecule has 0 bridgehead atoms. The molecule has 1 saturated heterocycles. The van der Waals surface area contributed by atoms with E-state index < -0.39 is 58.2 Å². The van der Waals surface area contributed by atoms with E-state index in [-0.39, 0.29) is 22.9 Å². The Morgan fingerprint density at radius 1 is 1.17 bits per heavy atom. The molecular weight excluding hydrogens is 626 g/mol. The molecule has 1 amide bonds. The summed E-state index contributed by atoms with van der Waals surface area (Å²) >= 11 is 7.35. The van der Waals surface area contributed by atoms with Gasteiger partial charge in [0, 0.05) is 35.8 Å². The molecule has 226 valence electrons. The Hall–Kier alpha value is -3.08. The predicted octanol–water partition coefficient (Wildman–Crippen LogP) is 5.05. The third kappa shape index (κ3) is 6.61. The van der Waals surface area contributed by atoms with Crippen LogP contribution in [-0.4, -0.2) is 63.4 Å². The third-order valence-electron chi connectivity index (χ3n) is 7.10. The minimum atomic E-state index is -4.81. The Morgan fingerprint density at radius 2 is 1.90 bits per heavy atom. The van der Waals surface area contributed by atoms with E-state index in [9.17, 15) is 35.3 Å². The van der Waals surface area contributed by atoms with Crippen molar-refractivity contribution in [1.82, 2.24) is 19.7 Å². The van der Waals surface area contributed by atoms with Gasteiger partial charge in [0.15, 0.2) is 6.10 Å². The van der Waals surface area contributed by atoms with E-state index >= 15 is 0 Å². The number of nitrogens with zero attached hydrogens (tertiary/aromatic N) is 5. The number of alkyl halides is 4. The fourth-order valence-electron chi connectivity index (χ4n) is 5.03. The first kappa shape index (κ1) is 30.4. The molecule has 4 heterocycles. The zero-order chi connectivity index (χ0) is 30.2. The van der Waals surface area contributed by atoms with Crippen molar-refractivity contribution in [2.45, 2.75) is 55.9 Å². The summed E-state index contributed by atoms with van der Waals surface area (Å²) in [6.07, 6.45) is -6.06. The maximum absolute atomic E-state index is 13.3. The zero-order valence-electron chi connectivity index (χ0n) is 21.6. The van der Waals surface area contributed by atoms with E-state index in [2.05, 4.69) is 15.2 Å². The van der Waals surface area contributed by atoms with Crippen LogP contribution in [0.1, 0.15) is 70.9 Å². The highest BCUT2D eigenvalue weighted by Gasteiger charge is 2.37. The van der Waals surface area contributed by atoms with Crippen molar-refractivity contribution in [2.24, 2.45) is 5.16 Å². The lowest BCUT2D eigenvalue weighted by molar-refractivity contribution is -0.133. The number of carbonyl (C=O) groups is 1. The molecule has 0 spiro atoms. The van der Waals surface area contributed by atoms with Crippen molar-refractivity contribution in [3.8, 4) is 0 Å². The van der Waals surface area contributed by atoms with Gasteiger partial charge in [0.05, 0.1) is 10.7 Å². The Balaban J connectivity index is 1.19. The monoisotopic (exact) mass is 648 g/mol. The number of carbonyl (C=O) groups excluding carboxylic acids is 1. The van der Waals surface area contributed by atoms with Gasteiger partial charge in [0.25, 0.3) is 12.9 Å². The van der Waals surface area contributed by atoms with E-state index in [1.165, 1.54) is 28.4 Å². The lowest BCUT2D eigenvalue weighted by atomic mass is 9.97. The molecule has 1 aromatic carbocycles. The van der Waals surface area contributed by atoms with Gasteiger partial charge in [-0.05, 0) is 36.6 Å². The summed E-state index contributed by atoms with van der Waals surface area (Å²) in [6, 6.07) is 6.59. The molecule has 0 radical (unpaired) electrons. The number of benzene rings is 1. The van der Waals surface area contributed by atoms with Crippen molar-refractivity contribution in [3.63, 3.8) is 0 Å². The van der Waals surface area contributed by atoms with Crippen LogP contribution in [0.4, 0.5) is 17.6 Å². The molecule has 1 fully saturated rings. The predicted molar refractivity (Wildman–Crippen MR) is 143 cm³/mol. The third-order valence-corrected chi connectivity index (χ3v) is 9.54. The van der Waals surface area contributed by atoms with Crippen LogP contribution in [0.2, 0.25) is 5.02 Å². The molecule has 2 aliphatic rings. The highest BCUT2D eigenvalue weighted by Crippen LogP contribution is 2.36. The minimum Gasteiger partial charge on any atom is -0.747 e. The summed E-state index contributed by atoms with van der Waals surface area (Å²) < 4.78 is 89.3. The number of rotatable bonds is 9. The van der Waals surface area contributed by atoms with Crippen LogP contribution < -0.4 is 0 Å². The van der Waals surface area contributed by atoms with E-state index in [1.807, 2.05) is 0 Å². The van der Waals surface area contributed by atoms with E-state index in [4.69, 9.17) is 16.4 Å². The van der Waals surface area contributed by atoms with E-state index in [0.29, 0.717) is 48.1 Å². The van der Waals surface area contributed by atoms with Gasteiger partial charge >= 0.3 is 0 Å². The van der Waals surface area contributed by atoms with E-state index in [1.54, 1.807) is 17.5 Å². The number of amides is 1. The Morgan fingerprint density at radius 3 is 2.55 bits per heavy atom. The van der Waals surface area contributed by atoms with Gasteiger partial charge in [-0.2, -0.15) is 5.10 Å². The van der Waals surface area contributed by atoms with Gasteiger partial charge in [-0.25, -0.2) is 31.0 Å². The van der Waals surface area contributed by atoms with Crippen LogP contribution in [0.25, 0.3) is 0 Å². The van der Waals surface area contributed by atoms with Crippen LogP contribution in [0, 0.1) is 0 Å². The Bertz CT molecular complexity index is 1590. The minimum absolute atomic E-state index is 0.0143. The second-order valence-electron chi connectivity index (χ2n) is 9.83. The second kappa shape index (κ2) is 12.3. The summed E-state index contributed by atoms with van der Waals surface area (Å²) in [5.41, 5.74) is -0.474. The summed E-state index contributed by atoms with van der Waals surface area (Å²) in [5.74, 6) is -0.523. The normalized spacial score (nSPS) is 18.9. The Kier molecular flexibility index (Phi) is 8.87. The molecule has 0 N–H and O–H groups in total. The smallest absolute Gasteiger partial charge is 0.282 e. The summed E-state index contributed by atoms with van der Waals surface area (Å²) in [4.78, 5) is 24.2. The van der Waals surface area contributed by atoms with Crippen LogP contribution in [0.3, 0.4) is 0 Å². The molecular formula is C25H23ClF4N5O5S2-. The number of thiazole rings is 1. The van der Waals surface area contributed by atoms with Gasteiger partial charge in [-0.3, -0.25) is 9.48 Å². The average molecular weight is 649 g/mol. The SMILES string of the molecule is O=C(Cn1nc(C(F)F)cc1C(F)F)N1CCC(c2nc(C3=NOC(C(c4cccc(Cl)c4)S(=O)(=O)[O-])C3)cs2)CC1. The van der Waals surface area contributed by atoms with Gasteiger partial charge in [0.2, 0.25) is 5.91 Å². The first-order valence-corrected chi connectivity index (χ1v) is 15.4. The first-order chi connectivity index (χ1) is 19.9. The molecule has 42 heavy (non-hydrogen) atoms. The van der Waals surface area contributed by atoms with Crippen LogP contribution in [-0.2, 0) is 26.3 Å². The maximum Gasteiger partial charge on any atom is 0.282 e. The standard InChI is InChI=1S/C25H24ClF4N5O5S2/c26-15-3-1-2-14(8-15)22(42(37,38)39)20-10-16(33-40-20)18-12-41-25(31-18)13-4-6-34(7-5-13)21(36)11-35-19(24(29)30)9-17(32-35)23(27)28/h1-3,8-9,12-13,20,22-24H,4-7,10-11H2,(H,37,38,39)/p-1. The first-order valence-electron chi connectivity index (χ1n) is 12.7. The molecule has 2 aromatic heterocycles. The number of likely N-dealkylation sites (tertiary alicyclic amines) is 1. The van der Waals surface area contributed by atoms with Crippen molar-refractivity contribution >= 4 is 44.7 Å². The fraction of sp³-hybridized carbons (Fsp3) is 0.440. The molecule has 2 atom stereocenters.